The number of carbonyl (C=O) groups is 1. The highest BCUT2D eigenvalue weighted by Crippen LogP contribution is 2.08. The lowest BCUT2D eigenvalue weighted by Crippen LogP contribution is -2.54. The van der Waals surface area contributed by atoms with Crippen molar-refractivity contribution in [2.45, 2.75) is 32.4 Å². The van der Waals surface area contributed by atoms with Crippen LogP contribution in [0, 0.1) is 5.82 Å². The molecule has 1 aliphatic rings. The fraction of sp³-hybridized carbons (Fsp3) is 0.611. The van der Waals surface area contributed by atoms with E-state index < -0.39 is 0 Å². The van der Waals surface area contributed by atoms with Crippen molar-refractivity contribution in [2.24, 2.45) is 0 Å². The fourth-order valence-electron chi connectivity index (χ4n) is 3.00. The van der Waals surface area contributed by atoms with Crippen molar-refractivity contribution >= 4 is 5.91 Å². The number of nitrogens with zero attached hydrogens (tertiary/aromatic N) is 2. The molecule has 0 aromatic heterocycles. The summed E-state index contributed by atoms with van der Waals surface area (Å²) in [6, 6.07) is 6.20. The smallest absolute Gasteiger partial charge is 0.237 e. The van der Waals surface area contributed by atoms with Crippen molar-refractivity contribution in [3.8, 4) is 0 Å². The van der Waals surface area contributed by atoms with Crippen molar-refractivity contribution in [1.82, 2.24) is 15.1 Å². The Hall–Kier alpha value is -1.50. The number of aliphatic hydroxyl groups excluding tert-OH is 1. The van der Waals surface area contributed by atoms with Crippen LogP contribution >= 0.6 is 0 Å². The quantitative estimate of drug-likeness (QED) is 0.775. The van der Waals surface area contributed by atoms with Gasteiger partial charge in [-0.1, -0.05) is 12.1 Å². The molecule has 0 bridgehead atoms. The van der Waals surface area contributed by atoms with Gasteiger partial charge in [-0.25, -0.2) is 4.39 Å². The summed E-state index contributed by atoms with van der Waals surface area (Å²) in [5.74, 6) is -0.216. The molecule has 1 saturated heterocycles. The number of nitrogens with one attached hydrogen (secondary N) is 1. The van der Waals surface area contributed by atoms with Crippen molar-refractivity contribution in [3.05, 3.63) is 35.6 Å². The van der Waals surface area contributed by atoms with Gasteiger partial charge in [-0.05, 0) is 38.0 Å². The van der Waals surface area contributed by atoms with Gasteiger partial charge in [0, 0.05) is 39.3 Å². The molecule has 1 amide bonds. The van der Waals surface area contributed by atoms with Gasteiger partial charge in [-0.2, -0.15) is 0 Å². The minimum absolute atomic E-state index is 0.0288. The molecule has 5 nitrogen and oxygen atoms in total. The Morgan fingerprint density at radius 1 is 1.21 bits per heavy atom. The van der Waals surface area contributed by atoms with Crippen LogP contribution in [-0.2, 0) is 11.2 Å². The Kier molecular flexibility index (Phi) is 7.15. The number of hydrogen-bond donors (Lipinski definition) is 2. The zero-order chi connectivity index (χ0) is 17.5. The maximum atomic E-state index is 12.9. The van der Waals surface area contributed by atoms with Crippen LogP contribution in [0.2, 0.25) is 0 Å². The average Bonchev–Trinajstić information content (AvgIpc) is 2.56. The van der Waals surface area contributed by atoms with Crippen LogP contribution in [0.25, 0.3) is 0 Å². The van der Waals surface area contributed by atoms with Gasteiger partial charge in [-0.3, -0.25) is 14.6 Å². The predicted molar refractivity (Wildman–Crippen MR) is 92.3 cm³/mol. The summed E-state index contributed by atoms with van der Waals surface area (Å²) in [7, 11) is 0. The molecule has 1 aromatic rings. The highest BCUT2D eigenvalue weighted by Gasteiger charge is 2.25. The maximum absolute atomic E-state index is 12.9. The summed E-state index contributed by atoms with van der Waals surface area (Å²) in [5.41, 5.74) is 1.01. The highest BCUT2D eigenvalue weighted by molar-refractivity contribution is 5.81. The van der Waals surface area contributed by atoms with Crippen LogP contribution in [0.15, 0.2) is 24.3 Å². The summed E-state index contributed by atoms with van der Waals surface area (Å²) >= 11 is 0. The zero-order valence-electron chi connectivity index (χ0n) is 14.5. The zero-order valence-corrected chi connectivity index (χ0v) is 14.5. The van der Waals surface area contributed by atoms with Crippen LogP contribution in [0.3, 0.4) is 0 Å². The largest absolute Gasteiger partial charge is 0.392 e. The molecule has 1 fully saturated rings. The molecule has 0 radical (unpaired) electrons. The fourth-order valence-corrected chi connectivity index (χ4v) is 3.00. The van der Waals surface area contributed by atoms with E-state index in [2.05, 4.69) is 15.1 Å². The molecule has 1 aromatic carbocycles. The number of rotatable bonds is 7. The first-order valence-electron chi connectivity index (χ1n) is 8.62. The van der Waals surface area contributed by atoms with E-state index >= 15 is 0 Å². The third-order valence-electron chi connectivity index (χ3n) is 4.48. The van der Waals surface area contributed by atoms with E-state index in [1.807, 2.05) is 6.92 Å². The number of β-amino-alcohol motifs (C(OH)–C–C–N with tert-alkyl or cyclic N) is 1. The normalized spacial score (nSPS) is 19.0. The van der Waals surface area contributed by atoms with Gasteiger partial charge in [0.15, 0.2) is 0 Å². The molecule has 0 aliphatic carbocycles. The second kappa shape index (κ2) is 9.11. The Bertz CT molecular complexity index is 514. The van der Waals surface area contributed by atoms with Gasteiger partial charge < -0.3 is 10.4 Å². The highest BCUT2D eigenvalue weighted by atomic mass is 19.1. The second-order valence-corrected chi connectivity index (χ2v) is 6.53. The topological polar surface area (TPSA) is 55.8 Å². The van der Waals surface area contributed by atoms with Crippen LogP contribution in [-0.4, -0.2) is 72.2 Å². The Balaban J connectivity index is 1.69. The van der Waals surface area contributed by atoms with Crippen LogP contribution in [0.5, 0.6) is 0 Å². The van der Waals surface area contributed by atoms with E-state index in [-0.39, 0.29) is 23.9 Å². The summed E-state index contributed by atoms with van der Waals surface area (Å²) in [6.07, 6.45) is 0.379. The number of carbonyl (C=O) groups excluding carboxylic acids is 1. The molecule has 0 spiro atoms. The number of halogens is 1. The average molecular weight is 337 g/mol. The van der Waals surface area contributed by atoms with Crippen molar-refractivity contribution in [3.63, 3.8) is 0 Å². The van der Waals surface area contributed by atoms with Crippen molar-refractivity contribution in [1.29, 1.82) is 0 Å². The first-order valence-corrected chi connectivity index (χ1v) is 8.62. The lowest BCUT2D eigenvalue weighted by atomic mass is 10.1. The van der Waals surface area contributed by atoms with Gasteiger partial charge in [-0.15, -0.1) is 0 Å². The van der Waals surface area contributed by atoms with Crippen molar-refractivity contribution < 1.29 is 14.3 Å². The molecule has 2 rings (SSSR count). The molecular weight excluding hydrogens is 309 g/mol. The first kappa shape index (κ1) is 18.8. The number of amides is 1. The molecule has 1 heterocycles. The molecule has 6 heteroatoms. The SMILES string of the molecule is C[C@H](O)CN1CCN([C@H](C)C(=O)NCCc2ccc(F)cc2)CC1. The van der Waals surface area contributed by atoms with Gasteiger partial charge in [0.2, 0.25) is 5.91 Å². The molecule has 2 atom stereocenters. The van der Waals surface area contributed by atoms with Crippen molar-refractivity contribution in [2.75, 3.05) is 39.3 Å². The Morgan fingerprint density at radius 3 is 2.42 bits per heavy atom. The monoisotopic (exact) mass is 337 g/mol. The Labute approximate surface area is 143 Å². The van der Waals surface area contributed by atoms with E-state index in [4.69, 9.17) is 0 Å². The summed E-state index contributed by atoms with van der Waals surface area (Å²) in [5, 5.41) is 12.4. The number of aliphatic hydroxyl groups is 1. The third-order valence-corrected chi connectivity index (χ3v) is 4.48. The molecular formula is C18H28FN3O2. The van der Waals surface area contributed by atoms with Gasteiger partial charge in [0.05, 0.1) is 12.1 Å². The second-order valence-electron chi connectivity index (χ2n) is 6.53. The molecule has 134 valence electrons. The minimum Gasteiger partial charge on any atom is -0.392 e. The van der Waals surface area contributed by atoms with E-state index in [0.717, 1.165) is 31.7 Å². The van der Waals surface area contributed by atoms with Crippen LogP contribution in [0.4, 0.5) is 4.39 Å². The summed E-state index contributed by atoms with van der Waals surface area (Å²) < 4.78 is 12.9. The molecule has 0 saturated carbocycles. The first-order chi connectivity index (χ1) is 11.5. The lowest BCUT2D eigenvalue weighted by molar-refractivity contribution is -0.126. The summed E-state index contributed by atoms with van der Waals surface area (Å²) in [4.78, 5) is 16.7. The standard InChI is InChI=1S/C18H28FN3O2/c1-14(23)13-21-9-11-22(12-10-21)15(2)18(24)20-8-7-16-3-5-17(19)6-4-16/h3-6,14-15,23H,7-13H2,1-2H3,(H,20,24)/t14-,15+/m0/s1. The van der Waals surface area contributed by atoms with E-state index in [0.29, 0.717) is 19.5 Å². The molecule has 2 N–H and O–H groups in total. The van der Waals surface area contributed by atoms with Crippen LogP contribution in [0.1, 0.15) is 19.4 Å². The summed E-state index contributed by atoms with van der Waals surface area (Å²) in [6.45, 7) is 8.37. The van der Waals surface area contributed by atoms with Gasteiger partial charge in [0.25, 0.3) is 0 Å². The number of benzene rings is 1. The Morgan fingerprint density at radius 2 is 1.83 bits per heavy atom. The minimum atomic E-state index is -0.316. The van der Waals surface area contributed by atoms with E-state index in [1.54, 1.807) is 19.1 Å². The molecule has 0 unspecified atom stereocenters. The van der Waals surface area contributed by atoms with Gasteiger partial charge in [0.1, 0.15) is 5.82 Å². The van der Waals surface area contributed by atoms with Gasteiger partial charge >= 0.3 is 0 Å². The van der Waals surface area contributed by atoms with E-state index in [1.165, 1.54) is 12.1 Å². The third kappa shape index (κ3) is 5.85. The van der Waals surface area contributed by atoms with E-state index in [9.17, 15) is 14.3 Å². The predicted octanol–water partition coefficient (Wildman–Crippen LogP) is 0.871. The van der Waals surface area contributed by atoms with Crippen LogP contribution < -0.4 is 5.32 Å². The number of hydrogen-bond acceptors (Lipinski definition) is 4. The molecule has 1 aliphatic heterocycles. The lowest BCUT2D eigenvalue weighted by Gasteiger charge is -2.37. The number of piperazine rings is 1. The maximum Gasteiger partial charge on any atom is 0.237 e. The molecule has 24 heavy (non-hydrogen) atoms.